The number of aliphatic hydroxyl groups is 1. The fourth-order valence-corrected chi connectivity index (χ4v) is 5.74. The second-order valence-corrected chi connectivity index (χ2v) is 8.06. The van der Waals surface area contributed by atoms with Gasteiger partial charge in [-0.1, -0.05) is 0 Å². The number of fused-ring (bicyclic) bond motifs is 5. The molecule has 0 aliphatic carbocycles. The van der Waals surface area contributed by atoms with Crippen molar-refractivity contribution in [2.24, 2.45) is 16.8 Å². The van der Waals surface area contributed by atoms with Gasteiger partial charge >= 0.3 is 0 Å². The number of likely N-dealkylation sites (tertiary alicyclic amines) is 1. The Labute approximate surface area is 130 Å². The molecule has 0 radical (unpaired) electrons. The summed E-state index contributed by atoms with van der Waals surface area (Å²) in [5.74, 6) is 4.22. The zero-order valence-corrected chi connectivity index (χ0v) is 13.4. The molecule has 2 N–H and O–H groups in total. The van der Waals surface area contributed by atoms with Crippen LogP contribution in [0.2, 0.25) is 0 Å². The predicted octanol–water partition coefficient (Wildman–Crippen LogP) is 0.539. The van der Waals surface area contributed by atoms with Gasteiger partial charge < -0.3 is 20.1 Å². The van der Waals surface area contributed by atoms with Crippen molar-refractivity contribution in [1.29, 1.82) is 0 Å². The summed E-state index contributed by atoms with van der Waals surface area (Å²) < 4.78 is 6.03. The van der Waals surface area contributed by atoms with Crippen LogP contribution < -0.4 is 5.32 Å². The Morgan fingerprint density at radius 1 is 1.38 bits per heavy atom. The molecule has 4 heterocycles. The van der Waals surface area contributed by atoms with Crippen molar-refractivity contribution < 1.29 is 9.84 Å². The van der Waals surface area contributed by atoms with Crippen LogP contribution >= 0.6 is 11.8 Å². The highest BCUT2D eigenvalue weighted by atomic mass is 32.2. The van der Waals surface area contributed by atoms with E-state index >= 15 is 0 Å². The van der Waals surface area contributed by atoms with Crippen LogP contribution in [-0.2, 0) is 4.74 Å². The number of aliphatic imine (C=N–C) groups is 1. The van der Waals surface area contributed by atoms with E-state index in [-0.39, 0.29) is 0 Å². The summed E-state index contributed by atoms with van der Waals surface area (Å²) in [6, 6.07) is 0. The Bertz CT molecular complexity index is 421. The summed E-state index contributed by atoms with van der Waals surface area (Å²) in [6.07, 6.45) is 4.33. The quantitative estimate of drug-likeness (QED) is 0.576. The van der Waals surface area contributed by atoms with Crippen molar-refractivity contribution >= 4 is 17.7 Å². The van der Waals surface area contributed by atoms with Gasteiger partial charge in [-0.2, -0.15) is 11.8 Å². The number of hydrogen-bond donors (Lipinski definition) is 2. The van der Waals surface area contributed by atoms with Gasteiger partial charge in [0.15, 0.2) is 5.96 Å². The lowest BCUT2D eigenvalue weighted by Crippen LogP contribution is -2.48. The van der Waals surface area contributed by atoms with Crippen molar-refractivity contribution in [3.8, 4) is 0 Å². The lowest BCUT2D eigenvalue weighted by molar-refractivity contribution is 0.0694. The molecule has 0 aromatic carbocycles. The highest BCUT2D eigenvalue weighted by molar-refractivity contribution is 7.99. The van der Waals surface area contributed by atoms with Gasteiger partial charge in [-0.15, -0.1) is 0 Å². The monoisotopic (exact) mass is 311 g/mol. The molecule has 118 valence electrons. The molecule has 0 aromatic heterocycles. The van der Waals surface area contributed by atoms with Crippen LogP contribution in [0.4, 0.5) is 0 Å². The van der Waals surface area contributed by atoms with E-state index < -0.39 is 5.60 Å². The average Bonchev–Trinajstić information content (AvgIpc) is 3.20. The maximum absolute atomic E-state index is 10.5. The first-order chi connectivity index (χ1) is 10.2. The first-order valence-electron chi connectivity index (χ1n) is 8.10. The largest absolute Gasteiger partial charge is 0.387 e. The average molecular weight is 311 g/mol. The highest BCUT2D eigenvalue weighted by Crippen LogP contribution is 2.47. The van der Waals surface area contributed by atoms with Crippen molar-refractivity contribution in [1.82, 2.24) is 10.2 Å². The van der Waals surface area contributed by atoms with E-state index in [4.69, 9.17) is 4.74 Å². The molecule has 5 unspecified atom stereocenters. The van der Waals surface area contributed by atoms with Gasteiger partial charge in [0.25, 0.3) is 0 Å². The van der Waals surface area contributed by atoms with Crippen LogP contribution in [-0.4, -0.2) is 72.0 Å². The fourth-order valence-electron chi connectivity index (χ4n) is 4.44. The molecule has 2 bridgehead atoms. The Hall–Kier alpha value is -0.460. The van der Waals surface area contributed by atoms with E-state index in [2.05, 4.69) is 15.2 Å². The van der Waals surface area contributed by atoms with Crippen molar-refractivity contribution in [3.63, 3.8) is 0 Å². The minimum absolute atomic E-state index is 0.485. The summed E-state index contributed by atoms with van der Waals surface area (Å²) in [6.45, 7) is 2.72. The normalized spacial score (nSPS) is 45.4. The number of guanidine groups is 1. The van der Waals surface area contributed by atoms with E-state index in [1.165, 1.54) is 12.8 Å². The second kappa shape index (κ2) is 5.32. The van der Waals surface area contributed by atoms with Crippen LogP contribution in [0, 0.1) is 11.8 Å². The van der Waals surface area contributed by atoms with Gasteiger partial charge in [0.1, 0.15) is 0 Å². The molecule has 6 heteroatoms. The molecule has 0 spiro atoms. The van der Waals surface area contributed by atoms with Crippen LogP contribution in [0.3, 0.4) is 0 Å². The van der Waals surface area contributed by atoms with Gasteiger partial charge in [-0.05, 0) is 25.0 Å². The van der Waals surface area contributed by atoms with Gasteiger partial charge in [-0.25, -0.2) is 0 Å². The van der Waals surface area contributed by atoms with Gasteiger partial charge in [0.2, 0.25) is 0 Å². The standard InChI is InChI=1S/C15H25N3O2S/c1-16-14(17-8-15(19)4-5-21-9-15)18-6-10-11(7-18)13-3-2-12(10)20-13/h10-13,19H,2-9H2,1H3,(H,16,17). The number of nitrogens with one attached hydrogen (secondary N) is 1. The molecule has 4 saturated heterocycles. The summed E-state index contributed by atoms with van der Waals surface area (Å²) in [5.41, 5.74) is -0.557. The van der Waals surface area contributed by atoms with Crippen LogP contribution in [0.5, 0.6) is 0 Å². The molecular weight excluding hydrogens is 286 g/mol. The van der Waals surface area contributed by atoms with Crippen LogP contribution in [0.25, 0.3) is 0 Å². The van der Waals surface area contributed by atoms with Gasteiger partial charge in [0, 0.05) is 44.3 Å². The van der Waals surface area contributed by atoms with E-state index in [0.717, 1.165) is 37.0 Å². The molecular formula is C15H25N3O2S. The molecule has 21 heavy (non-hydrogen) atoms. The predicted molar refractivity (Wildman–Crippen MR) is 84.7 cm³/mol. The lowest BCUT2D eigenvalue weighted by Gasteiger charge is -2.27. The molecule has 0 amide bonds. The molecule has 5 atom stereocenters. The van der Waals surface area contributed by atoms with Gasteiger partial charge in [-0.3, -0.25) is 4.99 Å². The zero-order valence-electron chi connectivity index (χ0n) is 12.6. The first-order valence-corrected chi connectivity index (χ1v) is 9.25. The van der Waals surface area contributed by atoms with Crippen molar-refractivity contribution in [2.45, 2.75) is 37.1 Å². The van der Waals surface area contributed by atoms with E-state index in [9.17, 15) is 5.11 Å². The highest BCUT2D eigenvalue weighted by Gasteiger charge is 2.53. The van der Waals surface area contributed by atoms with E-state index in [0.29, 0.717) is 30.6 Å². The Kier molecular flexibility index (Phi) is 3.58. The maximum Gasteiger partial charge on any atom is 0.193 e. The summed E-state index contributed by atoms with van der Waals surface area (Å²) in [5, 5.41) is 13.9. The SMILES string of the molecule is CN=C(NCC1(O)CCSC1)N1CC2C3CCC(O3)C2C1. The third-order valence-corrected chi connectivity index (χ3v) is 6.86. The second-order valence-electron chi connectivity index (χ2n) is 6.95. The number of rotatable bonds is 2. The summed E-state index contributed by atoms with van der Waals surface area (Å²) >= 11 is 1.83. The molecule has 4 rings (SSSR count). The minimum atomic E-state index is -0.557. The summed E-state index contributed by atoms with van der Waals surface area (Å²) in [4.78, 5) is 6.80. The smallest absolute Gasteiger partial charge is 0.193 e. The third-order valence-electron chi connectivity index (χ3n) is 5.62. The molecule has 0 aromatic rings. The fraction of sp³-hybridized carbons (Fsp3) is 0.933. The van der Waals surface area contributed by atoms with Crippen molar-refractivity contribution in [2.75, 3.05) is 38.2 Å². The third kappa shape index (κ3) is 2.45. The maximum atomic E-state index is 10.5. The van der Waals surface area contributed by atoms with Gasteiger partial charge in [0.05, 0.1) is 17.8 Å². The number of thioether (sulfide) groups is 1. The first kappa shape index (κ1) is 14.2. The number of hydrogen-bond acceptors (Lipinski definition) is 4. The lowest BCUT2D eigenvalue weighted by atomic mass is 9.82. The summed E-state index contributed by atoms with van der Waals surface area (Å²) in [7, 11) is 1.84. The van der Waals surface area contributed by atoms with Crippen molar-refractivity contribution in [3.05, 3.63) is 0 Å². The van der Waals surface area contributed by atoms with E-state index in [1.54, 1.807) is 0 Å². The minimum Gasteiger partial charge on any atom is -0.387 e. The van der Waals surface area contributed by atoms with E-state index in [1.807, 2.05) is 18.8 Å². The van der Waals surface area contributed by atoms with Crippen LogP contribution in [0.1, 0.15) is 19.3 Å². The number of ether oxygens (including phenoxy) is 1. The molecule has 5 nitrogen and oxygen atoms in total. The number of nitrogens with zero attached hydrogens (tertiary/aromatic N) is 2. The molecule has 4 aliphatic heterocycles. The Morgan fingerprint density at radius 3 is 2.67 bits per heavy atom. The zero-order chi connectivity index (χ0) is 14.4. The Balaban J connectivity index is 1.37. The molecule has 4 fully saturated rings. The molecule has 4 aliphatic rings. The molecule has 0 saturated carbocycles. The topological polar surface area (TPSA) is 57.1 Å². The Morgan fingerprint density at radius 2 is 2.10 bits per heavy atom. The van der Waals surface area contributed by atoms with Crippen LogP contribution in [0.15, 0.2) is 4.99 Å².